The Morgan fingerprint density at radius 3 is 2.86 bits per heavy atom. The molecule has 0 saturated heterocycles. The molecule has 4 N–H and O–H groups in total. The molecule has 0 amide bonds. The van der Waals surface area contributed by atoms with E-state index in [2.05, 4.69) is 63.5 Å². The van der Waals surface area contributed by atoms with Gasteiger partial charge in [0.15, 0.2) is 5.11 Å². The van der Waals surface area contributed by atoms with Crippen LogP contribution in [0.25, 0.3) is 21.8 Å². The van der Waals surface area contributed by atoms with Crippen molar-refractivity contribution in [2.75, 3.05) is 0 Å². The van der Waals surface area contributed by atoms with Crippen LogP contribution >= 0.6 is 28.1 Å². The summed E-state index contributed by atoms with van der Waals surface area (Å²) in [5, 5.41) is 6.64. The molecule has 1 heterocycles. The number of hydrogen-bond acceptors (Lipinski definition) is 2. The number of halogens is 1. The van der Waals surface area contributed by atoms with Crippen LogP contribution in [-0.2, 0) is 0 Å². The second kappa shape index (κ2) is 5.70. The zero-order valence-corrected chi connectivity index (χ0v) is 14.6. The molecule has 3 rings (SSSR count). The molecular formula is C16H15BrN4S. The average Bonchev–Trinajstić information content (AvgIpc) is 2.83. The first kappa shape index (κ1) is 15.0. The van der Waals surface area contributed by atoms with Crippen LogP contribution in [0.5, 0.6) is 0 Å². The number of nitrogens with two attached hydrogens (primary N) is 1. The van der Waals surface area contributed by atoms with Crippen molar-refractivity contribution in [2.24, 2.45) is 10.8 Å². The topological polar surface area (TPSA) is 66.2 Å². The van der Waals surface area contributed by atoms with Gasteiger partial charge in [0.25, 0.3) is 0 Å². The predicted molar refractivity (Wildman–Crippen MR) is 100 cm³/mol. The molecule has 0 saturated carbocycles. The fourth-order valence-corrected chi connectivity index (χ4v) is 3.12. The lowest BCUT2D eigenvalue weighted by Crippen LogP contribution is -2.24. The number of rotatable bonds is 2. The van der Waals surface area contributed by atoms with Gasteiger partial charge in [0, 0.05) is 26.3 Å². The maximum Gasteiger partial charge on any atom is 0.184 e. The normalized spacial score (nSPS) is 11.6. The fraction of sp³-hybridized carbons (Fsp3) is 0.125. The number of nitrogens with one attached hydrogen (secondary N) is 2. The number of aromatic nitrogens is 1. The Morgan fingerprint density at radius 1 is 1.36 bits per heavy atom. The highest BCUT2D eigenvalue weighted by Gasteiger charge is 2.12. The van der Waals surface area contributed by atoms with Gasteiger partial charge in [0.2, 0.25) is 0 Å². The maximum absolute atomic E-state index is 5.39. The second-order valence-electron chi connectivity index (χ2n) is 5.21. The molecule has 0 bridgehead atoms. The van der Waals surface area contributed by atoms with Gasteiger partial charge in [0.05, 0.1) is 6.21 Å². The lowest BCUT2D eigenvalue weighted by molar-refractivity contribution is 1.04. The van der Waals surface area contributed by atoms with Crippen LogP contribution in [0.1, 0.15) is 16.7 Å². The Balaban J connectivity index is 2.26. The number of thiocarbonyl (C=S) groups is 1. The second-order valence-corrected chi connectivity index (χ2v) is 6.56. The van der Waals surface area contributed by atoms with Crippen LogP contribution < -0.4 is 11.2 Å². The van der Waals surface area contributed by atoms with E-state index in [1.807, 2.05) is 6.07 Å². The molecule has 22 heavy (non-hydrogen) atoms. The van der Waals surface area contributed by atoms with E-state index in [4.69, 9.17) is 18.0 Å². The molecule has 0 unspecified atom stereocenters. The third-order valence-corrected chi connectivity index (χ3v) is 4.30. The van der Waals surface area contributed by atoms with E-state index in [-0.39, 0.29) is 5.11 Å². The van der Waals surface area contributed by atoms with Crippen LogP contribution in [0.15, 0.2) is 33.8 Å². The first-order valence-electron chi connectivity index (χ1n) is 6.77. The molecule has 1 aromatic heterocycles. The van der Waals surface area contributed by atoms with Gasteiger partial charge in [-0.2, -0.15) is 5.10 Å². The Labute approximate surface area is 141 Å². The van der Waals surface area contributed by atoms with Crippen molar-refractivity contribution >= 4 is 61.3 Å². The average molecular weight is 375 g/mol. The summed E-state index contributed by atoms with van der Waals surface area (Å²) in [4.78, 5) is 3.49. The van der Waals surface area contributed by atoms with E-state index in [1.165, 1.54) is 21.9 Å². The van der Waals surface area contributed by atoms with Gasteiger partial charge in [-0.1, -0.05) is 15.9 Å². The Morgan fingerprint density at radius 2 is 2.14 bits per heavy atom. The number of fused-ring (bicyclic) bond motifs is 3. The molecule has 4 nitrogen and oxygen atoms in total. The van der Waals surface area contributed by atoms with E-state index >= 15 is 0 Å². The third kappa shape index (κ3) is 2.60. The molecule has 0 aliphatic carbocycles. The van der Waals surface area contributed by atoms with Crippen molar-refractivity contribution in [3.8, 4) is 0 Å². The van der Waals surface area contributed by atoms with Crippen LogP contribution in [0, 0.1) is 13.8 Å². The monoisotopic (exact) mass is 374 g/mol. The summed E-state index contributed by atoms with van der Waals surface area (Å²) in [7, 11) is 0. The first-order chi connectivity index (χ1) is 10.5. The number of hydrogen-bond donors (Lipinski definition) is 3. The van der Waals surface area contributed by atoms with Gasteiger partial charge < -0.3 is 10.7 Å². The molecule has 0 aliphatic heterocycles. The lowest BCUT2D eigenvalue weighted by Gasteiger charge is -2.06. The number of benzene rings is 2. The number of aryl methyl sites for hydroxylation is 2. The van der Waals surface area contributed by atoms with Gasteiger partial charge in [0.1, 0.15) is 0 Å². The summed E-state index contributed by atoms with van der Waals surface area (Å²) in [5.74, 6) is 0. The van der Waals surface area contributed by atoms with E-state index in [1.54, 1.807) is 6.21 Å². The summed E-state index contributed by atoms with van der Waals surface area (Å²) >= 11 is 8.30. The zero-order chi connectivity index (χ0) is 15.9. The molecule has 2 aromatic carbocycles. The summed E-state index contributed by atoms with van der Waals surface area (Å²) in [6, 6.07) is 8.36. The van der Waals surface area contributed by atoms with Crippen molar-refractivity contribution < 1.29 is 0 Å². The standard InChI is InChI=1S/C16H15BrN4S/c1-8-5-10(7-19-21-16(18)22)9(2)14-12-6-11(17)3-4-13(12)20-15(8)14/h3-7,20H,1-2H3,(H3,18,21,22). The highest BCUT2D eigenvalue weighted by molar-refractivity contribution is 9.10. The molecule has 3 aromatic rings. The number of hydrazone groups is 1. The number of H-pyrrole nitrogens is 1. The molecule has 0 aliphatic rings. The summed E-state index contributed by atoms with van der Waals surface area (Å²) in [6.07, 6.45) is 1.75. The van der Waals surface area contributed by atoms with E-state index < -0.39 is 0 Å². The molecule has 0 radical (unpaired) electrons. The highest BCUT2D eigenvalue weighted by Crippen LogP contribution is 2.33. The zero-order valence-electron chi connectivity index (χ0n) is 12.2. The van der Waals surface area contributed by atoms with Crippen molar-refractivity contribution in [1.29, 1.82) is 0 Å². The van der Waals surface area contributed by atoms with E-state index in [0.717, 1.165) is 21.1 Å². The summed E-state index contributed by atoms with van der Waals surface area (Å²) in [5.41, 5.74) is 13.6. The van der Waals surface area contributed by atoms with Gasteiger partial charge in [-0.3, -0.25) is 5.43 Å². The molecule has 0 atom stereocenters. The molecular weight excluding hydrogens is 360 g/mol. The smallest absolute Gasteiger partial charge is 0.184 e. The molecule has 6 heteroatoms. The number of nitrogens with zero attached hydrogens (tertiary/aromatic N) is 1. The largest absolute Gasteiger partial charge is 0.375 e. The van der Waals surface area contributed by atoms with Crippen LogP contribution in [-0.4, -0.2) is 16.3 Å². The first-order valence-corrected chi connectivity index (χ1v) is 7.97. The Bertz CT molecular complexity index is 927. The summed E-state index contributed by atoms with van der Waals surface area (Å²) in [6.45, 7) is 4.18. The molecule has 0 fully saturated rings. The lowest BCUT2D eigenvalue weighted by atomic mass is 9.99. The van der Waals surface area contributed by atoms with Crippen LogP contribution in [0.4, 0.5) is 0 Å². The van der Waals surface area contributed by atoms with Crippen LogP contribution in [0.3, 0.4) is 0 Å². The predicted octanol–water partition coefficient (Wildman–Crippen LogP) is 3.87. The van der Waals surface area contributed by atoms with Gasteiger partial charge in [-0.05, 0) is 67.0 Å². The van der Waals surface area contributed by atoms with E-state index in [0.29, 0.717) is 0 Å². The van der Waals surface area contributed by atoms with Crippen LogP contribution in [0.2, 0.25) is 0 Å². The minimum absolute atomic E-state index is 0.155. The molecule has 0 spiro atoms. The number of aromatic amines is 1. The Hall–Kier alpha value is -1.92. The minimum atomic E-state index is 0.155. The van der Waals surface area contributed by atoms with Crippen molar-refractivity contribution in [1.82, 2.24) is 10.4 Å². The molecule has 112 valence electrons. The van der Waals surface area contributed by atoms with Gasteiger partial charge in [-0.15, -0.1) is 0 Å². The van der Waals surface area contributed by atoms with Crippen molar-refractivity contribution in [2.45, 2.75) is 13.8 Å². The fourth-order valence-electron chi connectivity index (χ4n) is 2.71. The van der Waals surface area contributed by atoms with E-state index in [9.17, 15) is 0 Å². The van der Waals surface area contributed by atoms with Crippen molar-refractivity contribution in [3.05, 3.63) is 45.4 Å². The Kier molecular flexibility index (Phi) is 3.88. The third-order valence-electron chi connectivity index (χ3n) is 3.71. The van der Waals surface area contributed by atoms with Gasteiger partial charge >= 0.3 is 0 Å². The minimum Gasteiger partial charge on any atom is -0.375 e. The highest BCUT2D eigenvalue weighted by atomic mass is 79.9. The SMILES string of the molecule is Cc1cc(C=NNC(N)=S)c(C)c2c1[nH]c1ccc(Br)cc12. The van der Waals surface area contributed by atoms with Gasteiger partial charge in [-0.25, -0.2) is 0 Å². The summed E-state index contributed by atoms with van der Waals surface area (Å²) < 4.78 is 1.06. The quantitative estimate of drug-likeness (QED) is 0.362. The van der Waals surface area contributed by atoms with Crippen molar-refractivity contribution in [3.63, 3.8) is 0 Å². The maximum atomic E-state index is 5.39.